The minimum atomic E-state index is -0.710. The van der Waals surface area contributed by atoms with Gasteiger partial charge in [-0.25, -0.2) is 9.78 Å². The van der Waals surface area contributed by atoms with Crippen LogP contribution in [0.1, 0.15) is 22.0 Å². The van der Waals surface area contributed by atoms with E-state index in [1.54, 1.807) is 36.8 Å². The first-order chi connectivity index (χ1) is 15.5. The zero-order valence-corrected chi connectivity index (χ0v) is 17.8. The summed E-state index contributed by atoms with van der Waals surface area (Å²) in [6.07, 6.45) is 6.61. The summed E-state index contributed by atoms with van der Waals surface area (Å²) in [6, 6.07) is 9.43. The number of aromatic nitrogens is 2. The number of hydrogen-bond acceptors (Lipinski definition) is 6. The Bertz CT molecular complexity index is 1140. The van der Waals surface area contributed by atoms with Crippen molar-refractivity contribution in [2.45, 2.75) is 6.04 Å². The lowest BCUT2D eigenvalue weighted by Gasteiger charge is -2.27. The maximum atomic E-state index is 13.4. The molecule has 2 amide bonds. The fourth-order valence-electron chi connectivity index (χ4n) is 3.57. The van der Waals surface area contributed by atoms with Gasteiger partial charge in [-0.05, 0) is 42.0 Å². The van der Waals surface area contributed by atoms with Crippen LogP contribution in [0.3, 0.4) is 0 Å². The highest BCUT2D eigenvalue weighted by Gasteiger charge is 2.30. The van der Waals surface area contributed by atoms with E-state index in [-0.39, 0.29) is 5.78 Å². The van der Waals surface area contributed by atoms with Gasteiger partial charge in [-0.15, -0.1) is 0 Å². The van der Waals surface area contributed by atoms with Crippen molar-refractivity contribution in [1.29, 1.82) is 0 Å². The highest BCUT2D eigenvalue weighted by atomic mass is 16.5. The summed E-state index contributed by atoms with van der Waals surface area (Å²) in [6.45, 7) is 0. The molecular weight excluding hydrogens is 412 g/mol. The Hall–Kier alpha value is -4.27. The van der Waals surface area contributed by atoms with Crippen LogP contribution >= 0.6 is 0 Å². The molecule has 1 aromatic heterocycles. The van der Waals surface area contributed by atoms with Gasteiger partial charge in [0, 0.05) is 35.4 Å². The van der Waals surface area contributed by atoms with Gasteiger partial charge in [0.25, 0.3) is 0 Å². The van der Waals surface area contributed by atoms with Crippen LogP contribution in [0.5, 0.6) is 17.2 Å². The lowest BCUT2D eigenvalue weighted by Crippen LogP contribution is -2.42. The molecule has 0 saturated carbocycles. The van der Waals surface area contributed by atoms with Gasteiger partial charge < -0.3 is 29.4 Å². The topological polar surface area (TPSA) is 104 Å². The molecule has 32 heavy (non-hydrogen) atoms. The number of urea groups is 1. The predicted molar refractivity (Wildman–Crippen MR) is 116 cm³/mol. The molecule has 0 aliphatic carbocycles. The third-order valence-corrected chi connectivity index (χ3v) is 5.16. The second kappa shape index (κ2) is 8.84. The second-order valence-electron chi connectivity index (χ2n) is 6.96. The number of nitrogens with zero attached hydrogens (tertiary/aromatic N) is 2. The maximum Gasteiger partial charge on any atom is 0.319 e. The van der Waals surface area contributed by atoms with Gasteiger partial charge in [-0.3, -0.25) is 4.79 Å². The van der Waals surface area contributed by atoms with E-state index in [9.17, 15) is 9.59 Å². The van der Waals surface area contributed by atoms with Crippen LogP contribution in [-0.2, 0) is 0 Å². The molecule has 9 nitrogen and oxygen atoms in total. The van der Waals surface area contributed by atoms with Crippen LogP contribution in [0, 0.1) is 0 Å². The SMILES string of the molecule is COc1cc(C2NC(=O)NC=C2C(=O)c2ccc(-n3ccnc3)cc2)cc(OC)c1OC. The van der Waals surface area contributed by atoms with E-state index < -0.39 is 12.1 Å². The average molecular weight is 434 g/mol. The van der Waals surface area contributed by atoms with Crippen LogP contribution in [0.2, 0.25) is 0 Å². The molecule has 9 heteroatoms. The zero-order valence-electron chi connectivity index (χ0n) is 17.8. The van der Waals surface area contributed by atoms with Crippen molar-refractivity contribution in [3.63, 3.8) is 0 Å². The number of carbonyl (C=O) groups excluding carboxylic acids is 2. The van der Waals surface area contributed by atoms with Crippen LogP contribution in [0.15, 0.2) is 66.9 Å². The van der Waals surface area contributed by atoms with Crippen molar-refractivity contribution in [2.24, 2.45) is 0 Å². The number of ketones is 1. The highest BCUT2D eigenvalue weighted by molar-refractivity contribution is 6.10. The number of methoxy groups -OCH3 is 3. The van der Waals surface area contributed by atoms with Crippen molar-refractivity contribution >= 4 is 11.8 Å². The van der Waals surface area contributed by atoms with Crippen molar-refractivity contribution in [3.05, 3.63) is 78.0 Å². The van der Waals surface area contributed by atoms with Gasteiger partial charge >= 0.3 is 6.03 Å². The smallest absolute Gasteiger partial charge is 0.319 e. The fourth-order valence-corrected chi connectivity index (χ4v) is 3.57. The number of Topliss-reactive ketones (excluding diaryl/α,β-unsaturated/α-hetero) is 1. The van der Waals surface area contributed by atoms with Crippen LogP contribution in [-0.4, -0.2) is 42.7 Å². The monoisotopic (exact) mass is 434 g/mol. The highest BCUT2D eigenvalue weighted by Crippen LogP contribution is 2.41. The number of amides is 2. The number of rotatable bonds is 7. The third kappa shape index (κ3) is 3.87. The summed E-state index contributed by atoms with van der Waals surface area (Å²) in [7, 11) is 4.52. The zero-order chi connectivity index (χ0) is 22.7. The molecule has 0 bridgehead atoms. The van der Waals surface area contributed by atoms with Crippen LogP contribution in [0.25, 0.3) is 5.69 Å². The van der Waals surface area contributed by atoms with Crippen molar-refractivity contribution in [1.82, 2.24) is 20.2 Å². The molecule has 1 aliphatic heterocycles. The second-order valence-corrected chi connectivity index (χ2v) is 6.96. The number of nitrogens with one attached hydrogen (secondary N) is 2. The van der Waals surface area contributed by atoms with Gasteiger partial charge in [-0.2, -0.15) is 0 Å². The summed E-state index contributed by atoms with van der Waals surface area (Å²) < 4.78 is 18.1. The Morgan fingerprint density at radius 2 is 1.72 bits per heavy atom. The van der Waals surface area contributed by atoms with Gasteiger partial charge in [0.05, 0.1) is 33.7 Å². The lowest BCUT2D eigenvalue weighted by molar-refractivity contribution is 0.102. The minimum Gasteiger partial charge on any atom is -0.493 e. The molecule has 0 spiro atoms. The first-order valence-electron chi connectivity index (χ1n) is 9.75. The molecule has 2 N–H and O–H groups in total. The molecule has 0 fully saturated rings. The quantitative estimate of drug-likeness (QED) is 0.554. The first kappa shape index (κ1) is 21.0. The molecule has 1 unspecified atom stereocenters. The lowest BCUT2D eigenvalue weighted by atomic mass is 9.91. The number of imidazole rings is 1. The van der Waals surface area contributed by atoms with Crippen LogP contribution < -0.4 is 24.8 Å². The van der Waals surface area contributed by atoms with Crippen molar-refractivity contribution in [2.75, 3.05) is 21.3 Å². The Morgan fingerprint density at radius 3 is 2.28 bits per heavy atom. The standard InChI is InChI=1S/C23H22N4O5/c1-30-18-10-15(11-19(31-2)22(18)32-3)20-17(12-25-23(29)26-20)21(28)14-4-6-16(7-5-14)27-9-8-24-13-27/h4-13,20H,1-3H3,(H2,25,26,29). The summed E-state index contributed by atoms with van der Waals surface area (Å²) in [5.41, 5.74) is 2.35. The van der Waals surface area contributed by atoms with Gasteiger partial charge in [0.1, 0.15) is 0 Å². The Labute approximate surface area is 184 Å². The fraction of sp³-hybridized carbons (Fsp3) is 0.174. The summed E-state index contributed by atoms with van der Waals surface area (Å²) >= 11 is 0. The van der Waals surface area contributed by atoms with E-state index in [0.717, 1.165) is 5.69 Å². The molecule has 164 valence electrons. The van der Waals surface area contributed by atoms with E-state index >= 15 is 0 Å². The molecule has 4 rings (SSSR count). The average Bonchev–Trinajstić information content (AvgIpc) is 3.37. The molecule has 2 aromatic carbocycles. The maximum absolute atomic E-state index is 13.4. The van der Waals surface area contributed by atoms with Crippen molar-refractivity contribution < 1.29 is 23.8 Å². The Morgan fingerprint density at radius 1 is 1.03 bits per heavy atom. The molecule has 0 radical (unpaired) electrons. The van der Waals surface area contributed by atoms with Crippen molar-refractivity contribution in [3.8, 4) is 22.9 Å². The Balaban J connectivity index is 1.70. The number of benzene rings is 2. The van der Waals surface area contributed by atoms with E-state index in [4.69, 9.17) is 14.2 Å². The largest absolute Gasteiger partial charge is 0.493 e. The van der Waals surface area contributed by atoms with E-state index in [1.165, 1.54) is 27.5 Å². The first-order valence-corrected chi connectivity index (χ1v) is 9.75. The molecule has 1 aliphatic rings. The number of carbonyl (C=O) groups is 2. The summed E-state index contributed by atoms with van der Waals surface area (Å²) in [4.78, 5) is 29.5. The van der Waals surface area contributed by atoms with Gasteiger partial charge in [-0.1, -0.05) is 0 Å². The summed E-state index contributed by atoms with van der Waals surface area (Å²) in [5.74, 6) is 1.04. The molecule has 2 heterocycles. The normalized spacial score (nSPS) is 15.3. The van der Waals surface area contributed by atoms with E-state index in [2.05, 4.69) is 15.6 Å². The number of ether oxygens (including phenoxy) is 3. The summed E-state index contributed by atoms with van der Waals surface area (Å²) in [5, 5.41) is 5.37. The molecule has 3 aromatic rings. The third-order valence-electron chi connectivity index (χ3n) is 5.16. The Kier molecular flexibility index (Phi) is 5.80. The molecule has 0 saturated heterocycles. The predicted octanol–water partition coefficient (Wildman–Crippen LogP) is 3.02. The van der Waals surface area contributed by atoms with Crippen LogP contribution in [0.4, 0.5) is 4.79 Å². The van der Waals surface area contributed by atoms with Gasteiger partial charge in [0.15, 0.2) is 17.3 Å². The molecule has 1 atom stereocenters. The molecular formula is C23H22N4O5. The van der Waals surface area contributed by atoms with E-state index in [1.807, 2.05) is 22.9 Å². The van der Waals surface area contributed by atoms with E-state index in [0.29, 0.717) is 33.9 Å². The minimum absolute atomic E-state index is 0.228. The van der Waals surface area contributed by atoms with Gasteiger partial charge in [0.2, 0.25) is 5.75 Å². The number of hydrogen-bond donors (Lipinski definition) is 2.